The maximum Gasteiger partial charge on any atom is 0.244 e. The highest BCUT2D eigenvalue weighted by Gasteiger charge is 2.31. The first kappa shape index (κ1) is 20.6. The Hall–Kier alpha value is -4.33. The molecule has 0 aliphatic carbocycles. The first-order chi connectivity index (χ1) is 15.8. The third-order valence-electron chi connectivity index (χ3n) is 5.65. The number of halogens is 1. The zero-order chi connectivity index (χ0) is 23.2. The summed E-state index contributed by atoms with van der Waals surface area (Å²) in [6, 6.07) is 17.5. The van der Waals surface area contributed by atoms with E-state index in [0.29, 0.717) is 39.4 Å². The van der Waals surface area contributed by atoms with Gasteiger partial charge in [0.2, 0.25) is 11.6 Å². The second-order valence-corrected chi connectivity index (χ2v) is 8.18. The molecule has 0 fully saturated rings. The van der Waals surface area contributed by atoms with Crippen LogP contribution in [0.3, 0.4) is 0 Å². The molecule has 8 heteroatoms. The Morgan fingerprint density at radius 3 is 2.42 bits per heavy atom. The van der Waals surface area contributed by atoms with Crippen LogP contribution in [0.4, 0.5) is 4.39 Å². The number of hydrogen-bond donors (Lipinski definition) is 1. The van der Waals surface area contributed by atoms with Crippen molar-refractivity contribution in [2.75, 3.05) is 0 Å². The van der Waals surface area contributed by atoms with Crippen molar-refractivity contribution in [3.05, 3.63) is 79.0 Å². The van der Waals surface area contributed by atoms with Crippen LogP contribution in [0.5, 0.6) is 0 Å². The van der Waals surface area contributed by atoms with Gasteiger partial charge >= 0.3 is 0 Å². The minimum Gasteiger partial charge on any atom is -0.438 e. The van der Waals surface area contributed by atoms with E-state index in [2.05, 4.69) is 15.1 Å². The van der Waals surface area contributed by atoms with Gasteiger partial charge in [-0.2, -0.15) is 5.10 Å². The summed E-state index contributed by atoms with van der Waals surface area (Å²) in [5, 5.41) is 5.34. The highest BCUT2D eigenvalue weighted by molar-refractivity contribution is 5.96. The van der Waals surface area contributed by atoms with Gasteiger partial charge in [-0.25, -0.2) is 14.4 Å². The Kier molecular flexibility index (Phi) is 4.78. The van der Waals surface area contributed by atoms with Crippen molar-refractivity contribution in [1.82, 2.24) is 19.7 Å². The first-order valence-electron chi connectivity index (χ1n) is 10.3. The summed E-state index contributed by atoms with van der Waals surface area (Å²) in [4.78, 5) is 20.9. The van der Waals surface area contributed by atoms with Crippen LogP contribution in [0.15, 0.2) is 77.6 Å². The standard InChI is InChI=1S/C25H20FN5O2/c1-25(2,24(27)32)31-13-19(21(30-31)16-8-10-17(26)11-9-16)22-18-12-20(15-6-4-3-5-7-15)33-23(18)29-14-28-22/h3-14H,1-2H3,(H2,27,32). The van der Waals surface area contributed by atoms with Crippen molar-refractivity contribution in [2.24, 2.45) is 5.73 Å². The molecular formula is C25H20FN5O2. The minimum absolute atomic E-state index is 0.357. The fraction of sp³-hybridized carbons (Fsp3) is 0.120. The van der Waals surface area contributed by atoms with Crippen LogP contribution in [0.2, 0.25) is 0 Å². The fourth-order valence-corrected chi connectivity index (χ4v) is 3.58. The number of carbonyl (C=O) groups excluding carboxylic acids is 1. The average Bonchev–Trinajstić information content (AvgIpc) is 3.45. The van der Waals surface area contributed by atoms with E-state index in [1.807, 2.05) is 36.4 Å². The van der Waals surface area contributed by atoms with Crippen LogP contribution in [0.25, 0.3) is 44.9 Å². The van der Waals surface area contributed by atoms with Gasteiger partial charge in [0, 0.05) is 22.9 Å². The summed E-state index contributed by atoms with van der Waals surface area (Å²) in [6.07, 6.45) is 3.14. The fourth-order valence-electron chi connectivity index (χ4n) is 3.58. The lowest BCUT2D eigenvalue weighted by Crippen LogP contribution is -2.41. The second-order valence-electron chi connectivity index (χ2n) is 8.18. The number of primary amides is 1. The number of carbonyl (C=O) groups is 1. The molecule has 0 radical (unpaired) electrons. The molecule has 0 spiro atoms. The topological polar surface area (TPSA) is 99.8 Å². The van der Waals surface area contributed by atoms with E-state index in [0.717, 1.165) is 5.56 Å². The van der Waals surface area contributed by atoms with Gasteiger partial charge in [-0.15, -0.1) is 0 Å². The van der Waals surface area contributed by atoms with Gasteiger partial charge in [0.15, 0.2) is 0 Å². The second kappa shape index (κ2) is 7.67. The Bertz CT molecular complexity index is 1470. The number of amides is 1. The predicted molar refractivity (Wildman–Crippen MR) is 122 cm³/mol. The zero-order valence-corrected chi connectivity index (χ0v) is 18.0. The van der Waals surface area contributed by atoms with E-state index < -0.39 is 11.4 Å². The molecule has 2 aromatic carbocycles. The van der Waals surface area contributed by atoms with Gasteiger partial charge in [-0.1, -0.05) is 30.3 Å². The van der Waals surface area contributed by atoms with Gasteiger partial charge in [0.1, 0.15) is 29.1 Å². The van der Waals surface area contributed by atoms with Crippen LogP contribution in [0, 0.1) is 5.82 Å². The average molecular weight is 441 g/mol. The quantitative estimate of drug-likeness (QED) is 0.423. The van der Waals surface area contributed by atoms with E-state index in [9.17, 15) is 9.18 Å². The molecule has 3 heterocycles. The summed E-state index contributed by atoms with van der Waals surface area (Å²) in [7, 11) is 0. The number of nitrogens with two attached hydrogens (primary N) is 1. The maximum absolute atomic E-state index is 13.6. The number of nitrogens with zero attached hydrogens (tertiary/aromatic N) is 4. The predicted octanol–water partition coefficient (Wildman–Crippen LogP) is 4.78. The number of fused-ring (bicyclic) bond motifs is 1. The molecule has 5 aromatic rings. The van der Waals surface area contributed by atoms with Crippen LogP contribution in [0.1, 0.15) is 13.8 Å². The van der Waals surface area contributed by atoms with Crippen molar-refractivity contribution in [3.8, 4) is 33.8 Å². The first-order valence-corrected chi connectivity index (χ1v) is 10.3. The number of aromatic nitrogens is 4. The molecule has 0 unspecified atom stereocenters. The molecule has 1 amide bonds. The summed E-state index contributed by atoms with van der Waals surface area (Å²) in [5.74, 6) is -0.241. The molecule has 0 atom stereocenters. The summed E-state index contributed by atoms with van der Waals surface area (Å²) in [6.45, 7) is 3.36. The van der Waals surface area contributed by atoms with Crippen molar-refractivity contribution in [3.63, 3.8) is 0 Å². The van der Waals surface area contributed by atoms with Gasteiger partial charge in [0.25, 0.3) is 0 Å². The van der Waals surface area contributed by atoms with Gasteiger partial charge in [-0.05, 0) is 44.2 Å². The number of furan rings is 1. The van der Waals surface area contributed by atoms with E-state index in [-0.39, 0.29) is 5.82 Å². The molecule has 0 aliphatic heterocycles. The SMILES string of the molecule is CC(C)(C(N)=O)n1cc(-c2ncnc3oc(-c4ccccc4)cc23)c(-c2ccc(F)cc2)n1. The third-order valence-corrected chi connectivity index (χ3v) is 5.65. The molecule has 0 saturated carbocycles. The molecule has 164 valence electrons. The molecule has 0 aliphatic rings. The van der Waals surface area contributed by atoms with E-state index in [1.165, 1.54) is 23.1 Å². The lowest BCUT2D eigenvalue weighted by molar-refractivity contribution is -0.125. The Balaban J connectivity index is 1.74. The number of hydrogen-bond acceptors (Lipinski definition) is 5. The highest BCUT2D eigenvalue weighted by Crippen LogP contribution is 2.37. The van der Waals surface area contributed by atoms with E-state index in [4.69, 9.17) is 10.2 Å². The largest absolute Gasteiger partial charge is 0.438 e. The molecule has 5 rings (SSSR count). The number of benzene rings is 2. The van der Waals surface area contributed by atoms with Crippen LogP contribution < -0.4 is 5.73 Å². The molecule has 3 aromatic heterocycles. The Morgan fingerprint density at radius 1 is 1.00 bits per heavy atom. The summed E-state index contributed by atoms with van der Waals surface area (Å²) in [5.41, 5.74) is 8.29. The lowest BCUT2D eigenvalue weighted by atomic mass is 10.0. The van der Waals surface area contributed by atoms with Crippen LogP contribution >= 0.6 is 0 Å². The smallest absolute Gasteiger partial charge is 0.244 e. The van der Waals surface area contributed by atoms with Crippen molar-refractivity contribution < 1.29 is 13.6 Å². The summed E-state index contributed by atoms with van der Waals surface area (Å²) >= 11 is 0. The Morgan fingerprint density at radius 2 is 1.73 bits per heavy atom. The summed E-state index contributed by atoms with van der Waals surface area (Å²) < 4.78 is 21.1. The normalized spacial score (nSPS) is 11.7. The molecule has 0 saturated heterocycles. The van der Waals surface area contributed by atoms with Crippen molar-refractivity contribution in [1.29, 1.82) is 0 Å². The van der Waals surface area contributed by atoms with Gasteiger partial charge < -0.3 is 10.2 Å². The highest BCUT2D eigenvalue weighted by atomic mass is 19.1. The molecule has 0 bridgehead atoms. The lowest BCUT2D eigenvalue weighted by Gasteiger charge is -2.20. The Labute approximate surface area is 188 Å². The van der Waals surface area contributed by atoms with Crippen LogP contribution in [-0.2, 0) is 10.3 Å². The minimum atomic E-state index is -1.09. The molecule has 7 nitrogen and oxygen atoms in total. The van der Waals surface area contributed by atoms with Crippen molar-refractivity contribution in [2.45, 2.75) is 19.4 Å². The molecule has 33 heavy (non-hydrogen) atoms. The molecule has 2 N–H and O–H groups in total. The van der Waals surface area contributed by atoms with Crippen LogP contribution in [-0.4, -0.2) is 25.7 Å². The van der Waals surface area contributed by atoms with Crippen molar-refractivity contribution >= 4 is 17.0 Å². The van der Waals surface area contributed by atoms with Gasteiger partial charge in [0.05, 0.1) is 11.1 Å². The third kappa shape index (κ3) is 3.55. The zero-order valence-electron chi connectivity index (χ0n) is 18.0. The van der Waals surface area contributed by atoms with Gasteiger partial charge in [-0.3, -0.25) is 9.48 Å². The maximum atomic E-state index is 13.6. The number of rotatable bonds is 5. The van der Waals surface area contributed by atoms with E-state index in [1.54, 1.807) is 32.2 Å². The molecular weight excluding hydrogens is 421 g/mol. The van der Waals surface area contributed by atoms with E-state index >= 15 is 0 Å². The monoisotopic (exact) mass is 441 g/mol.